The van der Waals surface area contributed by atoms with Crippen molar-refractivity contribution in [3.05, 3.63) is 29.8 Å². The monoisotopic (exact) mass is 259 g/mol. The van der Waals surface area contributed by atoms with Crippen molar-refractivity contribution >= 4 is 0 Å². The molecule has 2 nitrogen and oxygen atoms in total. The molecule has 0 spiro atoms. The number of aromatic hydroxyl groups is 1. The minimum Gasteiger partial charge on any atom is -0.508 e. The summed E-state index contributed by atoms with van der Waals surface area (Å²) in [6.07, 6.45) is 10.6. The molecule has 0 unspecified atom stereocenters. The number of hydrogen-bond acceptors (Lipinski definition) is 2. The van der Waals surface area contributed by atoms with Crippen molar-refractivity contribution in [2.45, 2.75) is 56.9 Å². The Bertz CT molecular complexity index is 417. The summed E-state index contributed by atoms with van der Waals surface area (Å²) in [6.45, 7) is 2.46. The van der Waals surface area contributed by atoms with Crippen molar-refractivity contribution < 1.29 is 5.11 Å². The van der Waals surface area contributed by atoms with Crippen molar-refractivity contribution in [1.29, 1.82) is 0 Å². The molecule has 3 rings (SSSR count). The standard InChI is InChI=1S/C17H25NO/c19-16-9-7-8-15(14-16)17(10-3-1-4-11-17)18-12-5-2-6-13-18/h7-9,14,19H,1-6,10-13H2. The lowest BCUT2D eigenvalue weighted by Crippen LogP contribution is -2.49. The van der Waals surface area contributed by atoms with Crippen LogP contribution in [-0.4, -0.2) is 23.1 Å². The van der Waals surface area contributed by atoms with E-state index in [1.54, 1.807) is 6.07 Å². The van der Waals surface area contributed by atoms with Crippen LogP contribution in [0.5, 0.6) is 5.75 Å². The summed E-state index contributed by atoms with van der Waals surface area (Å²) in [5, 5.41) is 9.84. The molecule has 1 aliphatic carbocycles. The first kappa shape index (κ1) is 13.0. The van der Waals surface area contributed by atoms with Crippen LogP contribution in [0.4, 0.5) is 0 Å². The van der Waals surface area contributed by atoms with Crippen molar-refractivity contribution in [3.63, 3.8) is 0 Å². The van der Waals surface area contributed by atoms with Crippen LogP contribution in [0.15, 0.2) is 24.3 Å². The van der Waals surface area contributed by atoms with Crippen molar-refractivity contribution in [1.82, 2.24) is 4.90 Å². The van der Waals surface area contributed by atoms with Gasteiger partial charge < -0.3 is 5.11 Å². The van der Waals surface area contributed by atoms with E-state index in [4.69, 9.17) is 0 Å². The van der Waals surface area contributed by atoms with Crippen LogP contribution in [0.25, 0.3) is 0 Å². The summed E-state index contributed by atoms with van der Waals surface area (Å²) >= 11 is 0. The fourth-order valence-electron chi connectivity index (χ4n) is 4.04. The fourth-order valence-corrected chi connectivity index (χ4v) is 4.04. The molecule has 2 aliphatic rings. The summed E-state index contributed by atoms with van der Waals surface area (Å²) in [5.41, 5.74) is 1.55. The largest absolute Gasteiger partial charge is 0.508 e. The van der Waals surface area contributed by atoms with Gasteiger partial charge in [0.05, 0.1) is 0 Å². The highest BCUT2D eigenvalue weighted by Gasteiger charge is 2.39. The van der Waals surface area contributed by atoms with Crippen LogP contribution in [0.3, 0.4) is 0 Å². The number of phenols is 1. The Morgan fingerprint density at radius 3 is 2.26 bits per heavy atom. The first-order chi connectivity index (χ1) is 9.31. The fraction of sp³-hybridized carbons (Fsp3) is 0.647. The normalized spacial score (nSPS) is 24.2. The van der Waals surface area contributed by atoms with Gasteiger partial charge in [-0.05, 0) is 56.5 Å². The summed E-state index contributed by atoms with van der Waals surface area (Å²) in [4.78, 5) is 2.71. The summed E-state index contributed by atoms with van der Waals surface area (Å²) in [7, 11) is 0. The number of nitrogens with zero attached hydrogens (tertiary/aromatic N) is 1. The zero-order valence-corrected chi connectivity index (χ0v) is 11.8. The molecule has 104 valence electrons. The Morgan fingerprint density at radius 2 is 1.58 bits per heavy atom. The number of likely N-dealkylation sites (tertiary alicyclic amines) is 1. The van der Waals surface area contributed by atoms with E-state index in [2.05, 4.69) is 11.0 Å². The Kier molecular flexibility index (Phi) is 3.79. The second-order valence-corrected chi connectivity index (χ2v) is 6.19. The van der Waals surface area contributed by atoms with Gasteiger partial charge >= 0.3 is 0 Å². The predicted molar refractivity (Wildman–Crippen MR) is 78.3 cm³/mol. The second-order valence-electron chi connectivity index (χ2n) is 6.19. The average Bonchev–Trinajstić information content (AvgIpc) is 2.49. The molecule has 1 aliphatic heterocycles. The third kappa shape index (κ3) is 2.51. The van der Waals surface area contributed by atoms with E-state index >= 15 is 0 Å². The van der Waals surface area contributed by atoms with Crippen LogP contribution in [-0.2, 0) is 5.54 Å². The highest BCUT2D eigenvalue weighted by Crippen LogP contribution is 2.44. The number of phenolic OH excluding ortho intramolecular Hbond substituents is 1. The zero-order valence-electron chi connectivity index (χ0n) is 11.8. The van der Waals surface area contributed by atoms with Crippen LogP contribution < -0.4 is 0 Å². The molecule has 1 aromatic rings. The highest BCUT2D eigenvalue weighted by atomic mass is 16.3. The quantitative estimate of drug-likeness (QED) is 0.866. The molecule has 2 fully saturated rings. The second kappa shape index (κ2) is 5.54. The Morgan fingerprint density at radius 1 is 0.895 bits per heavy atom. The molecule has 19 heavy (non-hydrogen) atoms. The van der Waals surface area contributed by atoms with E-state index in [1.807, 2.05) is 12.1 Å². The molecule has 0 bridgehead atoms. The number of rotatable bonds is 2. The predicted octanol–water partition coefficient (Wildman–Crippen LogP) is 4.04. The van der Waals surface area contributed by atoms with Gasteiger partial charge in [0.25, 0.3) is 0 Å². The van der Waals surface area contributed by atoms with Gasteiger partial charge in [-0.1, -0.05) is 37.8 Å². The van der Waals surface area contributed by atoms with Gasteiger partial charge in [0.2, 0.25) is 0 Å². The molecule has 1 saturated heterocycles. The van der Waals surface area contributed by atoms with E-state index in [0.717, 1.165) is 0 Å². The summed E-state index contributed by atoms with van der Waals surface area (Å²) < 4.78 is 0. The van der Waals surface area contributed by atoms with Crippen LogP contribution in [0, 0.1) is 0 Å². The molecule has 0 atom stereocenters. The molecule has 2 heteroatoms. The first-order valence-corrected chi connectivity index (χ1v) is 7.86. The highest BCUT2D eigenvalue weighted by molar-refractivity contribution is 5.33. The zero-order chi connectivity index (χ0) is 13.1. The van der Waals surface area contributed by atoms with Gasteiger partial charge in [-0.15, -0.1) is 0 Å². The van der Waals surface area contributed by atoms with Crippen molar-refractivity contribution in [2.75, 3.05) is 13.1 Å². The Hall–Kier alpha value is -1.02. The Balaban J connectivity index is 1.95. The summed E-state index contributed by atoms with van der Waals surface area (Å²) in [6, 6.07) is 8.01. The lowest BCUT2D eigenvalue weighted by molar-refractivity contribution is 0.0302. The van der Waals surface area contributed by atoms with Crippen LogP contribution in [0.2, 0.25) is 0 Å². The first-order valence-electron chi connectivity index (χ1n) is 7.86. The van der Waals surface area contributed by atoms with Crippen LogP contribution in [0.1, 0.15) is 56.9 Å². The van der Waals surface area contributed by atoms with Gasteiger partial charge in [0.15, 0.2) is 0 Å². The van der Waals surface area contributed by atoms with Crippen molar-refractivity contribution in [2.24, 2.45) is 0 Å². The Labute approximate surface area is 116 Å². The van der Waals surface area contributed by atoms with E-state index in [-0.39, 0.29) is 5.54 Å². The van der Waals surface area contributed by atoms with Gasteiger partial charge in [-0.25, -0.2) is 0 Å². The van der Waals surface area contributed by atoms with Gasteiger partial charge in [-0.3, -0.25) is 4.90 Å². The maximum Gasteiger partial charge on any atom is 0.115 e. The number of hydrogen-bond donors (Lipinski definition) is 1. The minimum atomic E-state index is 0.206. The van der Waals surface area contributed by atoms with Gasteiger partial charge in [0, 0.05) is 5.54 Å². The lowest BCUT2D eigenvalue weighted by atomic mass is 9.74. The molecule has 0 aromatic heterocycles. The minimum absolute atomic E-state index is 0.206. The average molecular weight is 259 g/mol. The third-order valence-corrected chi connectivity index (χ3v) is 5.03. The third-order valence-electron chi connectivity index (χ3n) is 5.03. The maximum absolute atomic E-state index is 9.84. The van der Waals surface area contributed by atoms with Crippen molar-refractivity contribution in [3.8, 4) is 5.75 Å². The van der Waals surface area contributed by atoms with Gasteiger partial charge in [0.1, 0.15) is 5.75 Å². The molecular formula is C17H25NO. The van der Waals surface area contributed by atoms with E-state index < -0.39 is 0 Å². The molecule has 1 N–H and O–H groups in total. The number of piperidine rings is 1. The van der Waals surface area contributed by atoms with E-state index in [1.165, 1.54) is 70.0 Å². The van der Waals surface area contributed by atoms with Gasteiger partial charge in [-0.2, -0.15) is 0 Å². The SMILES string of the molecule is Oc1cccc(C2(N3CCCCC3)CCCCC2)c1. The number of benzene rings is 1. The summed E-state index contributed by atoms with van der Waals surface area (Å²) in [5.74, 6) is 0.416. The maximum atomic E-state index is 9.84. The van der Waals surface area contributed by atoms with E-state index in [0.29, 0.717) is 5.75 Å². The topological polar surface area (TPSA) is 23.5 Å². The van der Waals surface area contributed by atoms with Crippen LogP contribution >= 0.6 is 0 Å². The molecule has 1 aromatic carbocycles. The molecule has 1 saturated carbocycles. The molecular weight excluding hydrogens is 234 g/mol. The smallest absolute Gasteiger partial charge is 0.115 e. The molecule has 0 radical (unpaired) electrons. The molecule has 1 heterocycles. The lowest BCUT2D eigenvalue weighted by Gasteiger charge is -2.48. The molecule has 0 amide bonds. The van der Waals surface area contributed by atoms with E-state index in [9.17, 15) is 5.11 Å².